The first-order chi connectivity index (χ1) is 5.64. The molecule has 12 heavy (non-hydrogen) atoms. The molecule has 0 amide bonds. The molecule has 0 aliphatic carbocycles. The minimum Gasteiger partial charge on any atom is -0.303 e. The van der Waals surface area contributed by atoms with Gasteiger partial charge in [-0.25, -0.2) is 0 Å². The number of nitrogens with one attached hydrogen (secondary N) is 1. The smallest absolute Gasteiger partial charge is 0.120 e. The lowest BCUT2D eigenvalue weighted by Crippen LogP contribution is -2.15. The number of carbonyl (C=O) groups excluding carboxylic acids is 1. The molecule has 66 valence electrons. The van der Waals surface area contributed by atoms with E-state index >= 15 is 0 Å². The SMILES string of the molecule is CC(C)(CC=O)Cc1c[nH]nn1. The zero-order chi connectivity index (χ0) is 9.03. The first kappa shape index (κ1) is 8.90. The van der Waals surface area contributed by atoms with Gasteiger partial charge in [0.15, 0.2) is 0 Å². The van der Waals surface area contributed by atoms with Crippen LogP contribution in [0.1, 0.15) is 26.0 Å². The van der Waals surface area contributed by atoms with E-state index in [4.69, 9.17) is 0 Å². The van der Waals surface area contributed by atoms with Crippen LogP contribution < -0.4 is 0 Å². The van der Waals surface area contributed by atoms with Crippen LogP contribution in [0.2, 0.25) is 0 Å². The maximum atomic E-state index is 10.3. The van der Waals surface area contributed by atoms with Crippen LogP contribution in [0.5, 0.6) is 0 Å². The number of carbonyl (C=O) groups is 1. The van der Waals surface area contributed by atoms with Crippen LogP contribution in [0.3, 0.4) is 0 Å². The maximum Gasteiger partial charge on any atom is 0.120 e. The molecule has 0 aromatic carbocycles. The monoisotopic (exact) mass is 167 g/mol. The Morgan fingerprint density at radius 2 is 2.42 bits per heavy atom. The number of H-pyrrole nitrogens is 1. The van der Waals surface area contributed by atoms with Crippen molar-refractivity contribution in [3.63, 3.8) is 0 Å². The number of aromatic amines is 1. The molecule has 4 heteroatoms. The van der Waals surface area contributed by atoms with Crippen molar-refractivity contribution >= 4 is 6.29 Å². The minimum atomic E-state index is -0.0153. The van der Waals surface area contributed by atoms with E-state index in [-0.39, 0.29) is 5.41 Å². The van der Waals surface area contributed by atoms with Gasteiger partial charge in [0.1, 0.15) is 6.29 Å². The van der Waals surface area contributed by atoms with Crippen molar-refractivity contribution in [3.8, 4) is 0 Å². The van der Waals surface area contributed by atoms with Gasteiger partial charge in [-0.15, -0.1) is 5.10 Å². The van der Waals surface area contributed by atoms with Crippen LogP contribution in [0, 0.1) is 5.41 Å². The van der Waals surface area contributed by atoms with Gasteiger partial charge in [0.05, 0.1) is 5.69 Å². The zero-order valence-electron chi connectivity index (χ0n) is 7.37. The Labute approximate surface area is 71.4 Å². The highest BCUT2D eigenvalue weighted by atomic mass is 16.1. The summed E-state index contributed by atoms with van der Waals surface area (Å²) in [5, 5.41) is 10.1. The fraction of sp³-hybridized carbons (Fsp3) is 0.625. The summed E-state index contributed by atoms with van der Waals surface area (Å²) in [6, 6.07) is 0. The van der Waals surface area contributed by atoms with Crippen LogP contribution in [0.15, 0.2) is 6.20 Å². The van der Waals surface area contributed by atoms with Crippen molar-refractivity contribution < 1.29 is 4.79 Å². The number of aldehydes is 1. The molecule has 0 saturated heterocycles. The highest BCUT2D eigenvalue weighted by molar-refractivity contribution is 5.50. The van der Waals surface area contributed by atoms with E-state index in [9.17, 15) is 4.79 Å². The summed E-state index contributed by atoms with van der Waals surface area (Å²) in [5.74, 6) is 0. The molecular weight excluding hydrogens is 154 g/mol. The molecule has 0 spiro atoms. The quantitative estimate of drug-likeness (QED) is 0.679. The Morgan fingerprint density at radius 1 is 1.67 bits per heavy atom. The third kappa shape index (κ3) is 2.45. The zero-order valence-corrected chi connectivity index (χ0v) is 7.37. The van der Waals surface area contributed by atoms with Crippen molar-refractivity contribution in [1.29, 1.82) is 0 Å². The predicted octanol–water partition coefficient (Wildman–Crippen LogP) is 0.962. The Kier molecular flexibility index (Phi) is 2.58. The van der Waals surface area contributed by atoms with Gasteiger partial charge in [0, 0.05) is 12.6 Å². The summed E-state index contributed by atoms with van der Waals surface area (Å²) >= 11 is 0. The van der Waals surface area contributed by atoms with E-state index in [1.54, 1.807) is 6.20 Å². The number of hydrogen-bond acceptors (Lipinski definition) is 3. The topological polar surface area (TPSA) is 58.6 Å². The summed E-state index contributed by atoms with van der Waals surface area (Å²) in [7, 11) is 0. The molecule has 1 aromatic heterocycles. The normalized spacial score (nSPS) is 11.5. The molecule has 1 N–H and O–H groups in total. The van der Waals surface area contributed by atoms with Gasteiger partial charge in [-0.05, 0) is 11.8 Å². The average molecular weight is 167 g/mol. The van der Waals surface area contributed by atoms with Crippen molar-refractivity contribution in [1.82, 2.24) is 15.4 Å². The molecule has 0 aliphatic heterocycles. The second-order valence-corrected chi connectivity index (χ2v) is 3.68. The van der Waals surface area contributed by atoms with E-state index in [2.05, 4.69) is 15.4 Å². The number of hydrogen-bond donors (Lipinski definition) is 1. The van der Waals surface area contributed by atoms with E-state index in [1.807, 2.05) is 13.8 Å². The first-order valence-corrected chi connectivity index (χ1v) is 3.93. The standard InChI is InChI=1S/C8H13N3O/c1-8(2,3-4-12)5-7-6-9-11-10-7/h4,6H,3,5H2,1-2H3,(H,9,10,11). The lowest BCUT2D eigenvalue weighted by Gasteiger charge is -2.19. The maximum absolute atomic E-state index is 10.3. The lowest BCUT2D eigenvalue weighted by molar-refractivity contribution is -0.109. The van der Waals surface area contributed by atoms with Gasteiger partial charge < -0.3 is 4.79 Å². The van der Waals surface area contributed by atoms with Crippen LogP contribution in [-0.4, -0.2) is 21.7 Å². The summed E-state index contributed by atoms with van der Waals surface area (Å²) < 4.78 is 0. The van der Waals surface area contributed by atoms with Crippen LogP contribution in [0.4, 0.5) is 0 Å². The second-order valence-electron chi connectivity index (χ2n) is 3.68. The molecule has 0 fully saturated rings. The molecule has 4 nitrogen and oxygen atoms in total. The summed E-state index contributed by atoms with van der Waals surface area (Å²) in [5.41, 5.74) is 0.889. The van der Waals surface area contributed by atoms with Crippen molar-refractivity contribution in [2.45, 2.75) is 26.7 Å². The van der Waals surface area contributed by atoms with Gasteiger partial charge in [-0.2, -0.15) is 0 Å². The van der Waals surface area contributed by atoms with E-state index in [1.165, 1.54) is 0 Å². The number of aromatic nitrogens is 3. The van der Waals surface area contributed by atoms with Gasteiger partial charge >= 0.3 is 0 Å². The van der Waals surface area contributed by atoms with Crippen LogP contribution in [-0.2, 0) is 11.2 Å². The molecule has 0 unspecified atom stereocenters. The molecule has 1 rings (SSSR count). The molecular formula is C8H13N3O. The van der Waals surface area contributed by atoms with E-state index < -0.39 is 0 Å². The summed E-state index contributed by atoms with van der Waals surface area (Å²) in [6.45, 7) is 4.08. The van der Waals surface area contributed by atoms with Gasteiger partial charge in [0.25, 0.3) is 0 Å². The first-order valence-electron chi connectivity index (χ1n) is 3.93. The lowest BCUT2D eigenvalue weighted by atomic mass is 9.85. The molecule has 0 radical (unpaired) electrons. The predicted molar refractivity (Wildman–Crippen MR) is 44.5 cm³/mol. The Balaban J connectivity index is 2.55. The van der Waals surface area contributed by atoms with Gasteiger partial charge in [0.2, 0.25) is 0 Å². The summed E-state index contributed by atoms with van der Waals surface area (Å²) in [4.78, 5) is 10.3. The Hall–Kier alpha value is -1.19. The van der Waals surface area contributed by atoms with Gasteiger partial charge in [-0.1, -0.05) is 19.1 Å². The van der Waals surface area contributed by atoms with E-state index in [0.717, 1.165) is 18.4 Å². The molecule has 0 atom stereocenters. The van der Waals surface area contributed by atoms with Gasteiger partial charge in [-0.3, -0.25) is 5.10 Å². The Morgan fingerprint density at radius 3 is 2.92 bits per heavy atom. The van der Waals surface area contributed by atoms with Crippen molar-refractivity contribution in [3.05, 3.63) is 11.9 Å². The third-order valence-corrected chi connectivity index (χ3v) is 1.76. The average Bonchev–Trinajstić information content (AvgIpc) is 2.38. The molecule has 0 aliphatic rings. The molecule has 1 aromatic rings. The summed E-state index contributed by atoms with van der Waals surface area (Å²) in [6.07, 6.45) is 4.04. The largest absolute Gasteiger partial charge is 0.303 e. The molecule has 0 bridgehead atoms. The molecule has 0 saturated carbocycles. The van der Waals surface area contributed by atoms with Crippen LogP contribution >= 0.6 is 0 Å². The second kappa shape index (κ2) is 3.47. The fourth-order valence-corrected chi connectivity index (χ4v) is 1.10. The van der Waals surface area contributed by atoms with E-state index in [0.29, 0.717) is 6.42 Å². The minimum absolute atomic E-state index is 0.0153. The third-order valence-electron chi connectivity index (χ3n) is 1.76. The highest BCUT2D eigenvalue weighted by Gasteiger charge is 2.18. The van der Waals surface area contributed by atoms with Crippen LogP contribution in [0.25, 0.3) is 0 Å². The number of nitrogens with zero attached hydrogens (tertiary/aromatic N) is 2. The van der Waals surface area contributed by atoms with Crippen molar-refractivity contribution in [2.75, 3.05) is 0 Å². The fourth-order valence-electron chi connectivity index (χ4n) is 1.10. The molecule has 1 heterocycles. The number of rotatable bonds is 4. The Bertz CT molecular complexity index is 241. The highest BCUT2D eigenvalue weighted by Crippen LogP contribution is 2.23. The van der Waals surface area contributed by atoms with Crippen molar-refractivity contribution in [2.24, 2.45) is 5.41 Å².